The summed E-state index contributed by atoms with van der Waals surface area (Å²) in [5.74, 6) is 1.03. The van der Waals surface area contributed by atoms with Crippen LogP contribution in [0.2, 0.25) is 0 Å². The van der Waals surface area contributed by atoms with Crippen LogP contribution in [0.25, 0.3) is 0 Å². The van der Waals surface area contributed by atoms with Crippen molar-refractivity contribution in [2.45, 2.75) is 18.9 Å². The summed E-state index contributed by atoms with van der Waals surface area (Å²) in [5, 5.41) is 13.3. The minimum Gasteiger partial charge on any atom is -0.493 e. The number of carbonyl (C=O) groups excluding carboxylic acids is 1. The maximum absolute atomic E-state index is 12.2. The smallest absolute Gasteiger partial charge is 0.224 e. The lowest BCUT2D eigenvalue weighted by molar-refractivity contribution is -0.121. The molecule has 2 rings (SSSR count). The molecule has 2 aromatic rings. The van der Waals surface area contributed by atoms with E-state index in [1.54, 1.807) is 33.3 Å². The molecule has 1 amide bonds. The zero-order valence-electron chi connectivity index (χ0n) is 14.2. The lowest BCUT2D eigenvalue weighted by Crippen LogP contribution is -2.39. The van der Waals surface area contributed by atoms with Gasteiger partial charge in [0.2, 0.25) is 5.91 Å². The Balaban J connectivity index is 1.96. The SMILES string of the molecule is COc1ccc(CC(=O)NCC(C)(O)c2ccccc2)cc1OC. The Morgan fingerprint density at radius 2 is 1.75 bits per heavy atom. The van der Waals surface area contributed by atoms with E-state index < -0.39 is 5.60 Å². The second kappa shape index (κ2) is 7.84. The van der Waals surface area contributed by atoms with E-state index >= 15 is 0 Å². The van der Waals surface area contributed by atoms with Gasteiger partial charge in [0.05, 0.1) is 27.2 Å². The highest BCUT2D eigenvalue weighted by Gasteiger charge is 2.23. The fourth-order valence-corrected chi connectivity index (χ4v) is 2.41. The van der Waals surface area contributed by atoms with Crippen molar-refractivity contribution in [3.8, 4) is 11.5 Å². The Kier molecular flexibility index (Phi) is 5.82. The lowest BCUT2D eigenvalue weighted by atomic mass is 9.96. The van der Waals surface area contributed by atoms with Crippen LogP contribution < -0.4 is 14.8 Å². The lowest BCUT2D eigenvalue weighted by Gasteiger charge is -2.24. The van der Waals surface area contributed by atoms with Gasteiger partial charge in [-0.15, -0.1) is 0 Å². The Labute approximate surface area is 142 Å². The van der Waals surface area contributed by atoms with Crippen molar-refractivity contribution in [1.82, 2.24) is 5.32 Å². The van der Waals surface area contributed by atoms with Gasteiger partial charge in [0, 0.05) is 0 Å². The van der Waals surface area contributed by atoms with Crippen LogP contribution in [0, 0.1) is 0 Å². The molecule has 0 fully saturated rings. The van der Waals surface area contributed by atoms with Crippen molar-refractivity contribution in [1.29, 1.82) is 0 Å². The highest BCUT2D eigenvalue weighted by atomic mass is 16.5. The minimum atomic E-state index is -1.12. The molecule has 0 spiro atoms. The van der Waals surface area contributed by atoms with Gasteiger partial charge in [0.1, 0.15) is 5.60 Å². The first-order valence-electron chi connectivity index (χ1n) is 7.72. The molecule has 1 atom stereocenters. The number of methoxy groups -OCH3 is 2. The zero-order chi connectivity index (χ0) is 17.6. The van der Waals surface area contributed by atoms with E-state index in [9.17, 15) is 9.90 Å². The molecule has 0 aliphatic carbocycles. The summed E-state index contributed by atoms with van der Waals surface area (Å²) >= 11 is 0. The van der Waals surface area contributed by atoms with E-state index in [0.717, 1.165) is 11.1 Å². The second-order valence-corrected chi connectivity index (χ2v) is 5.78. The molecular formula is C19H23NO4. The first-order valence-corrected chi connectivity index (χ1v) is 7.72. The van der Waals surface area contributed by atoms with E-state index in [0.29, 0.717) is 11.5 Å². The van der Waals surface area contributed by atoms with Gasteiger partial charge in [-0.05, 0) is 30.2 Å². The topological polar surface area (TPSA) is 67.8 Å². The van der Waals surface area contributed by atoms with Crippen LogP contribution in [0.15, 0.2) is 48.5 Å². The predicted molar refractivity (Wildman–Crippen MR) is 92.3 cm³/mol. The van der Waals surface area contributed by atoms with Crippen LogP contribution in [0.1, 0.15) is 18.1 Å². The highest BCUT2D eigenvalue weighted by molar-refractivity contribution is 5.78. The largest absolute Gasteiger partial charge is 0.493 e. The Morgan fingerprint density at radius 1 is 1.08 bits per heavy atom. The number of amides is 1. The monoisotopic (exact) mass is 329 g/mol. The van der Waals surface area contributed by atoms with E-state index in [2.05, 4.69) is 5.32 Å². The van der Waals surface area contributed by atoms with Crippen LogP contribution in [0.4, 0.5) is 0 Å². The molecule has 1 unspecified atom stereocenters. The van der Waals surface area contributed by atoms with Crippen LogP contribution in [-0.4, -0.2) is 31.8 Å². The van der Waals surface area contributed by atoms with Gasteiger partial charge in [-0.3, -0.25) is 4.79 Å². The van der Waals surface area contributed by atoms with Crippen molar-refractivity contribution in [2.24, 2.45) is 0 Å². The van der Waals surface area contributed by atoms with Crippen molar-refractivity contribution < 1.29 is 19.4 Å². The number of ether oxygens (including phenoxy) is 2. The van der Waals surface area contributed by atoms with Crippen molar-refractivity contribution in [2.75, 3.05) is 20.8 Å². The van der Waals surface area contributed by atoms with E-state index in [-0.39, 0.29) is 18.9 Å². The molecular weight excluding hydrogens is 306 g/mol. The third-order valence-corrected chi connectivity index (χ3v) is 3.84. The first kappa shape index (κ1) is 17.8. The molecule has 0 aliphatic rings. The minimum absolute atomic E-state index is 0.142. The zero-order valence-corrected chi connectivity index (χ0v) is 14.2. The third-order valence-electron chi connectivity index (χ3n) is 3.84. The van der Waals surface area contributed by atoms with Gasteiger partial charge >= 0.3 is 0 Å². The van der Waals surface area contributed by atoms with Crippen LogP contribution in [0.3, 0.4) is 0 Å². The Hall–Kier alpha value is -2.53. The third kappa shape index (κ3) is 4.49. The quantitative estimate of drug-likeness (QED) is 0.818. The van der Waals surface area contributed by atoms with E-state index in [1.807, 2.05) is 36.4 Å². The summed E-state index contributed by atoms with van der Waals surface area (Å²) in [7, 11) is 3.12. The summed E-state index contributed by atoms with van der Waals surface area (Å²) in [6, 6.07) is 14.6. The maximum Gasteiger partial charge on any atom is 0.224 e. The van der Waals surface area contributed by atoms with Crippen LogP contribution in [0.5, 0.6) is 11.5 Å². The van der Waals surface area contributed by atoms with Crippen LogP contribution in [-0.2, 0) is 16.8 Å². The number of hydrogen-bond donors (Lipinski definition) is 2. The van der Waals surface area contributed by atoms with Gasteiger partial charge < -0.3 is 19.9 Å². The normalized spacial score (nSPS) is 13.0. The molecule has 0 saturated heterocycles. The molecule has 0 aromatic heterocycles. The second-order valence-electron chi connectivity index (χ2n) is 5.78. The number of rotatable bonds is 7. The number of benzene rings is 2. The molecule has 0 saturated carbocycles. The molecule has 24 heavy (non-hydrogen) atoms. The van der Waals surface area contributed by atoms with Gasteiger partial charge in [-0.25, -0.2) is 0 Å². The molecule has 5 heteroatoms. The molecule has 0 bridgehead atoms. The number of nitrogens with one attached hydrogen (secondary N) is 1. The summed E-state index contributed by atoms with van der Waals surface area (Å²) in [6.45, 7) is 1.82. The summed E-state index contributed by atoms with van der Waals surface area (Å²) < 4.78 is 10.4. The Bertz CT molecular complexity index is 683. The Morgan fingerprint density at radius 3 is 2.38 bits per heavy atom. The van der Waals surface area contributed by atoms with Gasteiger partial charge in [-0.2, -0.15) is 0 Å². The summed E-state index contributed by atoms with van der Waals surface area (Å²) in [5.41, 5.74) is 0.454. The van der Waals surface area contributed by atoms with Crippen LogP contribution >= 0.6 is 0 Å². The van der Waals surface area contributed by atoms with Crippen molar-refractivity contribution >= 4 is 5.91 Å². The molecule has 0 radical (unpaired) electrons. The fourth-order valence-electron chi connectivity index (χ4n) is 2.41. The summed E-state index contributed by atoms with van der Waals surface area (Å²) in [6.07, 6.45) is 0.200. The number of hydrogen-bond acceptors (Lipinski definition) is 4. The average Bonchev–Trinajstić information content (AvgIpc) is 2.60. The molecule has 128 valence electrons. The molecule has 2 aromatic carbocycles. The van der Waals surface area contributed by atoms with E-state index in [1.165, 1.54) is 0 Å². The van der Waals surface area contributed by atoms with Crippen molar-refractivity contribution in [3.63, 3.8) is 0 Å². The predicted octanol–water partition coefficient (Wildman–Crippen LogP) is 2.27. The first-order chi connectivity index (χ1) is 11.5. The summed E-state index contributed by atoms with van der Waals surface area (Å²) in [4.78, 5) is 12.2. The average molecular weight is 329 g/mol. The van der Waals surface area contributed by atoms with Gasteiger partial charge in [-0.1, -0.05) is 36.4 Å². The van der Waals surface area contributed by atoms with Gasteiger partial charge in [0.25, 0.3) is 0 Å². The molecule has 2 N–H and O–H groups in total. The van der Waals surface area contributed by atoms with Gasteiger partial charge in [0.15, 0.2) is 11.5 Å². The molecule has 5 nitrogen and oxygen atoms in total. The van der Waals surface area contributed by atoms with Crippen molar-refractivity contribution in [3.05, 3.63) is 59.7 Å². The highest BCUT2D eigenvalue weighted by Crippen LogP contribution is 2.27. The molecule has 0 aliphatic heterocycles. The number of aliphatic hydroxyl groups is 1. The van der Waals surface area contributed by atoms with E-state index in [4.69, 9.17) is 9.47 Å². The maximum atomic E-state index is 12.2. The standard InChI is InChI=1S/C19H23NO4/c1-19(22,15-7-5-4-6-8-15)13-20-18(21)12-14-9-10-16(23-2)17(11-14)24-3/h4-11,22H,12-13H2,1-3H3,(H,20,21). The fraction of sp³-hybridized carbons (Fsp3) is 0.316. The molecule has 0 heterocycles. The number of carbonyl (C=O) groups is 1.